The minimum atomic E-state index is -4.10. The summed E-state index contributed by atoms with van der Waals surface area (Å²) >= 11 is 1.57. The minimum absolute atomic E-state index is 0.0111. The van der Waals surface area contributed by atoms with Gasteiger partial charge in [0.1, 0.15) is 9.79 Å². The smallest absolute Gasteiger partial charge is 0.297 e. The number of hydrogen-bond acceptors (Lipinski definition) is 11. The minimum Gasteiger partial charge on any atom is -0.343 e. The molecule has 0 spiro atoms. The van der Waals surface area contributed by atoms with Crippen LogP contribution in [0.15, 0.2) is 92.4 Å². The number of hydrogen-bond donors (Lipinski definition) is 0. The summed E-state index contributed by atoms with van der Waals surface area (Å²) in [5.41, 5.74) is 6.86. The van der Waals surface area contributed by atoms with Crippen molar-refractivity contribution in [2.24, 2.45) is 0 Å². The molecule has 0 radical (unpaired) electrons. The summed E-state index contributed by atoms with van der Waals surface area (Å²) in [6, 6.07) is 23.8. The average Bonchev–Trinajstić information content (AvgIpc) is 3.94. The molecule has 0 unspecified atom stereocenters. The fraction of sp³-hybridized carbons (Fsp3) is 0.538. The van der Waals surface area contributed by atoms with Crippen LogP contribution in [0.5, 0.6) is 0 Å². The van der Waals surface area contributed by atoms with Gasteiger partial charge >= 0.3 is 0 Å². The Bertz CT molecular complexity index is 2230. The van der Waals surface area contributed by atoms with Crippen LogP contribution in [0.1, 0.15) is 176 Å². The molecule has 4 aromatic carbocycles. The average molecular weight is 951 g/mol. The summed E-state index contributed by atoms with van der Waals surface area (Å²) < 4.78 is 92.2. The van der Waals surface area contributed by atoms with Gasteiger partial charge in [-0.2, -0.15) is 16.8 Å². The largest absolute Gasteiger partial charge is 0.343 e. The molecule has 0 atom stereocenters. The third-order valence-corrected chi connectivity index (χ3v) is 16.2. The van der Waals surface area contributed by atoms with E-state index in [1.54, 1.807) is 11.8 Å². The molecule has 10 nitrogen and oxygen atoms in total. The second kappa shape index (κ2) is 21.0. The molecule has 2 aliphatic heterocycles. The predicted octanol–water partition coefficient (Wildman–Crippen LogP) is 12.6. The maximum atomic E-state index is 14.0. The van der Waals surface area contributed by atoms with Gasteiger partial charge < -0.3 is 18.9 Å². The fourth-order valence-electron chi connectivity index (χ4n) is 8.56. The van der Waals surface area contributed by atoms with E-state index in [-0.39, 0.29) is 71.4 Å². The lowest BCUT2D eigenvalue weighted by Crippen LogP contribution is -2.29. The van der Waals surface area contributed by atoms with Crippen molar-refractivity contribution in [3.8, 4) is 0 Å². The normalized spacial score (nSPS) is 16.6. The van der Waals surface area contributed by atoms with Crippen LogP contribution in [0.2, 0.25) is 0 Å². The van der Waals surface area contributed by atoms with Gasteiger partial charge in [0.15, 0.2) is 11.6 Å². The zero-order chi connectivity index (χ0) is 47.5. The van der Waals surface area contributed by atoms with Gasteiger partial charge in [0.2, 0.25) is 0 Å². The number of rotatable bonds is 20. The quantitative estimate of drug-likeness (QED) is 0.0787. The molecule has 65 heavy (non-hydrogen) atoms. The molecule has 2 saturated heterocycles. The Kier molecular flexibility index (Phi) is 16.6. The van der Waals surface area contributed by atoms with Crippen molar-refractivity contribution in [1.29, 1.82) is 0 Å². The SMILES string of the molecule is CC(C)c1cc(C(C)C)c(S(=O)(=O)OCCC2(c3ccc(Sc4ccc(C5(CCOS(=O)(=O)c6c(C(C)C)cc(C(C)C)cc6C(C)C)OCCO5)cc4)cc3)OCCO2)c(C(C)C)c1. The molecule has 0 N–H and O–H groups in total. The van der Waals surface area contributed by atoms with E-state index >= 15 is 0 Å². The van der Waals surface area contributed by atoms with Gasteiger partial charge in [-0.3, -0.25) is 8.37 Å². The topological polar surface area (TPSA) is 124 Å². The zero-order valence-electron chi connectivity index (χ0n) is 40.4. The lowest BCUT2D eigenvalue weighted by molar-refractivity contribution is -0.174. The highest BCUT2D eigenvalue weighted by molar-refractivity contribution is 7.99. The van der Waals surface area contributed by atoms with Crippen molar-refractivity contribution in [3.63, 3.8) is 0 Å². The maximum absolute atomic E-state index is 14.0. The summed E-state index contributed by atoms with van der Waals surface area (Å²) in [5.74, 6) is -1.82. The summed E-state index contributed by atoms with van der Waals surface area (Å²) in [5, 5.41) is 0. The van der Waals surface area contributed by atoms with E-state index in [2.05, 4.69) is 27.7 Å². The highest BCUT2D eigenvalue weighted by atomic mass is 32.2. The monoisotopic (exact) mass is 950 g/mol. The maximum Gasteiger partial charge on any atom is 0.297 e. The molecule has 2 heterocycles. The molecule has 13 heteroatoms. The van der Waals surface area contributed by atoms with Crippen LogP contribution in [0.3, 0.4) is 0 Å². The van der Waals surface area contributed by atoms with Gasteiger partial charge in [-0.05, 0) is 93.2 Å². The predicted molar refractivity (Wildman–Crippen MR) is 257 cm³/mol. The number of benzene rings is 4. The first-order chi connectivity index (χ1) is 30.6. The van der Waals surface area contributed by atoms with Crippen molar-refractivity contribution >= 4 is 32.0 Å². The van der Waals surface area contributed by atoms with Crippen molar-refractivity contribution < 1.29 is 44.1 Å². The zero-order valence-corrected chi connectivity index (χ0v) is 42.8. The van der Waals surface area contributed by atoms with E-state index < -0.39 is 31.8 Å². The lowest BCUT2D eigenvalue weighted by Gasteiger charge is -2.28. The molecular formula is C52H70O10S3. The van der Waals surface area contributed by atoms with E-state index in [0.717, 1.165) is 54.3 Å². The van der Waals surface area contributed by atoms with Crippen LogP contribution < -0.4 is 0 Å². The summed E-state index contributed by atoms with van der Waals surface area (Å²) in [6.45, 7) is 25.8. The Morgan fingerprint density at radius 1 is 0.462 bits per heavy atom. The first kappa shape index (κ1) is 51.3. The summed E-state index contributed by atoms with van der Waals surface area (Å²) in [7, 11) is -8.20. The molecule has 4 aromatic rings. The van der Waals surface area contributed by atoms with E-state index in [4.69, 9.17) is 27.3 Å². The van der Waals surface area contributed by atoms with Crippen molar-refractivity contribution in [2.75, 3.05) is 39.6 Å². The van der Waals surface area contributed by atoms with Crippen molar-refractivity contribution in [2.45, 2.75) is 163 Å². The van der Waals surface area contributed by atoms with Gasteiger partial charge in [-0.25, -0.2) is 0 Å². The van der Waals surface area contributed by atoms with Crippen LogP contribution >= 0.6 is 11.8 Å². The van der Waals surface area contributed by atoms with Gasteiger partial charge in [0, 0.05) is 33.8 Å². The van der Waals surface area contributed by atoms with E-state index in [0.29, 0.717) is 26.4 Å². The molecule has 2 fully saturated rings. The van der Waals surface area contributed by atoms with Crippen molar-refractivity contribution in [3.05, 3.63) is 117 Å². The first-order valence-electron chi connectivity index (χ1n) is 23.2. The Morgan fingerprint density at radius 3 is 0.985 bits per heavy atom. The van der Waals surface area contributed by atoms with Gasteiger partial charge in [-0.1, -0.05) is 143 Å². The molecule has 6 rings (SSSR count). The lowest BCUT2D eigenvalue weighted by atomic mass is 9.89. The Balaban J connectivity index is 1.12. The number of ether oxygens (including phenoxy) is 4. The van der Waals surface area contributed by atoms with Crippen molar-refractivity contribution in [1.82, 2.24) is 0 Å². The van der Waals surface area contributed by atoms with Gasteiger partial charge in [0.05, 0.1) is 39.6 Å². The molecule has 0 aliphatic carbocycles. The van der Waals surface area contributed by atoms with E-state index in [1.807, 2.05) is 128 Å². The van der Waals surface area contributed by atoms with Crippen LogP contribution in [-0.4, -0.2) is 56.5 Å². The second-order valence-electron chi connectivity index (χ2n) is 19.1. The van der Waals surface area contributed by atoms with Crippen LogP contribution in [0.4, 0.5) is 0 Å². The van der Waals surface area contributed by atoms with Crippen LogP contribution in [-0.2, 0) is 59.1 Å². The summed E-state index contributed by atoms with van der Waals surface area (Å²) in [6.07, 6.45) is 0.370. The Hall–Kier alpha value is -3.11. The molecule has 356 valence electrons. The molecule has 0 aromatic heterocycles. The molecular weight excluding hydrogens is 881 g/mol. The van der Waals surface area contributed by atoms with Gasteiger partial charge in [-0.15, -0.1) is 0 Å². The second-order valence-corrected chi connectivity index (χ2v) is 23.3. The standard InChI is InChI=1S/C52H70O10S3/c1-33(2)39-29-45(35(5)6)49(46(30-39)36(7)8)64(53,54)61-23-21-51(57-25-26-58-51)41-13-17-43(18-14-41)63-44-19-15-42(16-20-44)52(59-27-28-60-52)22-24-62-65(55,56)50-47(37(9)10)31-40(34(3)4)32-48(50)38(11)12/h13-20,29-38H,21-28H2,1-12H3. The third-order valence-electron chi connectivity index (χ3n) is 12.3. The molecule has 0 saturated carbocycles. The van der Waals surface area contributed by atoms with E-state index in [9.17, 15) is 16.8 Å². The highest BCUT2D eigenvalue weighted by Gasteiger charge is 2.41. The fourth-order valence-corrected chi connectivity index (χ4v) is 12.5. The molecule has 2 aliphatic rings. The molecule has 0 amide bonds. The molecule has 0 bridgehead atoms. The Morgan fingerprint density at radius 2 is 0.738 bits per heavy atom. The van der Waals surface area contributed by atoms with Gasteiger partial charge in [0.25, 0.3) is 20.2 Å². The summed E-state index contributed by atoms with van der Waals surface area (Å²) in [4.78, 5) is 2.49. The first-order valence-corrected chi connectivity index (χ1v) is 26.8. The van der Waals surface area contributed by atoms with Crippen LogP contribution in [0, 0.1) is 0 Å². The van der Waals surface area contributed by atoms with Crippen LogP contribution in [0.25, 0.3) is 0 Å². The Labute approximate surface area is 393 Å². The van der Waals surface area contributed by atoms with E-state index in [1.165, 1.54) is 0 Å². The third kappa shape index (κ3) is 11.6. The highest BCUT2D eigenvalue weighted by Crippen LogP contribution is 2.42.